The van der Waals surface area contributed by atoms with E-state index in [9.17, 15) is 4.79 Å². The topological polar surface area (TPSA) is 61.4 Å². The average Bonchev–Trinajstić information content (AvgIpc) is 2.56. The number of piperazine rings is 1. The number of hydrogen-bond donors (Lipinski definition) is 1. The maximum absolute atomic E-state index is 12.2. The van der Waals surface area contributed by atoms with Gasteiger partial charge in [-0.25, -0.2) is 9.97 Å². The molecule has 0 aromatic carbocycles. The van der Waals surface area contributed by atoms with E-state index in [1.807, 2.05) is 13.0 Å². The minimum absolute atomic E-state index is 0.184. The summed E-state index contributed by atoms with van der Waals surface area (Å²) in [6, 6.07) is 2.42. The lowest BCUT2D eigenvalue weighted by Gasteiger charge is -2.35. The van der Waals surface area contributed by atoms with Gasteiger partial charge in [0, 0.05) is 44.0 Å². The SMILES string of the molecule is Cc1cc(N2CCN(CC(=O)NC3CCCCC3)CC2)ncn1. The van der Waals surface area contributed by atoms with Crippen LogP contribution in [0.25, 0.3) is 0 Å². The second kappa shape index (κ2) is 7.73. The van der Waals surface area contributed by atoms with E-state index in [1.165, 1.54) is 19.3 Å². The lowest BCUT2D eigenvalue weighted by Crippen LogP contribution is -2.50. The van der Waals surface area contributed by atoms with Crippen LogP contribution in [0.4, 0.5) is 5.82 Å². The van der Waals surface area contributed by atoms with Crippen molar-refractivity contribution in [2.45, 2.75) is 45.1 Å². The Morgan fingerprint density at radius 2 is 1.91 bits per heavy atom. The highest BCUT2D eigenvalue weighted by Crippen LogP contribution is 2.17. The Labute approximate surface area is 138 Å². The maximum atomic E-state index is 12.2. The highest BCUT2D eigenvalue weighted by Gasteiger charge is 2.21. The van der Waals surface area contributed by atoms with Crippen molar-refractivity contribution in [1.82, 2.24) is 20.2 Å². The molecule has 0 spiro atoms. The molecule has 1 saturated heterocycles. The fourth-order valence-corrected chi connectivity index (χ4v) is 3.47. The van der Waals surface area contributed by atoms with Crippen molar-refractivity contribution in [3.05, 3.63) is 18.1 Å². The number of nitrogens with one attached hydrogen (secondary N) is 1. The van der Waals surface area contributed by atoms with Crippen molar-refractivity contribution >= 4 is 11.7 Å². The maximum Gasteiger partial charge on any atom is 0.234 e. The van der Waals surface area contributed by atoms with Crippen LogP contribution in [-0.2, 0) is 4.79 Å². The summed E-state index contributed by atoms with van der Waals surface area (Å²) in [5, 5.41) is 3.20. The van der Waals surface area contributed by atoms with E-state index in [4.69, 9.17) is 0 Å². The van der Waals surface area contributed by atoms with Gasteiger partial charge >= 0.3 is 0 Å². The van der Waals surface area contributed by atoms with E-state index < -0.39 is 0 Å². The first-order valence-corrected chi connectivity index (χ1v) is 8.76. The molecule has 6 heteroatoms. The number of hydrogen-bond acceptors (Lipinski definition) is 5. The molecule has 1 aromatic rings. The zero-order chi connectivity index (χ0) is 16.1. The molecule has 1 saturated carbocycles. The smallest absolute Gasteiger partial charge is 0.234 e. The summed E-state index contributed by atoms with van der Waals surface area (Å²) in [4.78, 5) is 25.2. The van der Waals surface area contributed by atoms with Crippen molar-refractivity contribution in [3.8, 4) is 0 Å². The summed E-state index contributed by atoms with van der Waals surface area (Å²) in [7, 11) is 0. The van der Waals surface area contributed by atoms with E-state index >= 15 is 0 Å². The molecule has 23 heavy (non-hydrogen) atoms. The van der Waals surface area contributed by atoms with Crippen LogP contribution in [0.2, 0.25) is 0 Å². The number of anilines is 1. The quantitative estimate of drug-likeness (QED) is 0.908. The molecule has 3 rings (SSSR count). The average molecular weight is 317 g/mol. The predicted molar refractivity (Wildman–Crippen MR) is 90.4 cm³/mol. The number of aromatic nitrogens is 2. The van der Waals surface area contributed by atoms with Crippen molar-refractivity contribution in [1.29, 1.82) is 0 Å². The summed E-state index contributed by atoms with van der Waals surface area (Å²) in [5.41, 5.74) is 0.990. The highest BCUT2D eigenvalue weighted by molar-refractivity contribution is 5.78. The normalized spacial score (nSPS) is 20.5. The molecule has 1 aliphatic heterocycles. The number of rotatable bonds is 4. The van der Waals surface area contributed by atoms with Crippen molar-refractivity contribution in [3.63, 3.8) is 0 Å². The first kappa shape index (κ1) is 16.2. The molecular weight excluding hydrogens is 290 g/mol. The molecule has 126 valence electrons. The summed E-state index contributed by atoms with van der Waals surface area (Å²) >= 11 is 0. The van der Waals surface area contributed by atoms with E-state index in [1.54, 1.807) is 6.33 Å². The second-order valence-corrected chi connectivity index (χ2v) is 6.68. The van der Waals surface area contributed by atoms with Crippen LogP contribution >= 0.6 is 0 Å². The molecular formula is C17H27N5O. The number of nitrogens with zero attached hydrogens (tertiary/aromatic N) is 4. The van der Waals surface area contributed by atoms with Crippen LogP contribution in [0.3, 0.4) is 0 Å². The van der Waals surface area contributed by atoms with Gasteiger partial charge < -0.3 is 10.2 Å². The van der Waals surface area contributed by atoms with Crippen molar-refractivity contribution < 1.29 is 4.79 Å². The Balaban J connectivity index is 1.42. The van der Waals surface area contributed by atoms with Gasteiger partial charge in [-0.3, -0.25) is 9.69 Å². The minimum atomic E-state index is 0.184. The number of carbonyl (C=O) groups excluding carboxylic acids is 1. The van der Waals surface area contributed by atoms with Gasteiger partial charge in [-0.2, -0.15) is 0 Å². The highest BCUT2D eigenvalue weighted by atomic mass is 16.2. The van der Waals surface area contributed by atoms with Gasteiger partial charge in [0.1, 0.15) is 12.1 Å². The third-order valence-electron chi connectivity index (χ3n) is 4.82. The summed E-state index contributed by atoms with van der Waals surface area (Å²) < 4.78 is 0. The Bertz CT molecular complexity index is 521. The fraction of sp³-hybridized carbons (Fsp3) is 0.706. The first-order valence-electron chi connectivity index (χ1n) is 8.76. The summed E-state index contributed by atoms with van der Waals surface area (Å²) in [5.74, 6) is 1.17. The number of carbonyl (C=O) groups is 1. The van der Waals surface area contributed by atoms with Gasteiger partial charge in [-0.15, -0.1) is 0 Å². The molecule has 1 amide bonds. The zero-order valence-electron chi connectivity index (χ0n) is 14.0. The van der Waals surface area contributed by atoms with Crippen LogP contribution in [0.5, 0.6) is 0 Å². The van der Waals surface area contributed by atoms with Crippen LogP contribution in [0.1, 0.15) is 37.8 Å². The van der Waals surface area contributed by atoms with E-state index in [0.717, 1.165) is 50.5 Å². The molecule has 0 unspecified atom stereocenters. The molecule has 0 radical (unpaired) electrons. The zero-order valence-corrected chi connectivity index (χ0v) is 14.0. The fourth-order valence-electron chi connectivity index (χ4n) is 3.47. The summed E-state index contributed by atoms with van der Waals surface area (Å²) in [6.45, 7) is 6.13. The van der Waals surface area contributed by atoms with Gasteiger partial charge in [0.2, 0.25) is 5.91 Å². The molecule has 2 heterocycles. The van der Waals surface area contributed by atoms with Gasteiger partial charge in [0.15, 0.2) is 0 Å². The molecule has 0 atom stereocenters. The molecule has 1 aliphatic carbocycles. The van der Waals surface area contributed by atoms with Crippen molar-refractivity contribution in [2.24, 2.45) is 0 Å². The molecule has 1 aromatic heterocycles. The molecule has 2 aliphatic rings. The monoisotopic (exact) mass is 317 g/mol. The van der Waals surface area contributed by atoms with E-state index in [2.05, 4.69) is 25.1 Å². The molecule has 1 N–H and O–H groups in total. The molecule has 2 fully saturated rings. The van der Waals surface area contributed by atoms with Crippen LogP contribution in [0, 0.1) is 6.92 Å². The largest absolute Gasteiger partial charge is 0.354 e. The Morgan fingerprint density at radius 3 is 2.61 bits per heavy atom. The third kappa shape index (κ3) is 4.64. The minimum Gasteiger partial charge on any atom is -0.354 e. The van der Waals surface area contributed by atoms with Crippen LogP contribution < -0.4 is 10.2 Å². The third-order valence-corrected chi connectivity index (χ3v) is 4.82. The molecule has 6 nitrogen and oxygen atoms in total. The molecule has 0 bridgehead atoms. The van der Waals surface area contributed by atoms with Gasteiger partial charge in [-0.05, 0) is 19.8 Å². The van der Waals surface area contributed by atoms with Crippen LogP contribution in [-0.4, -0.2) is 59.5 Å². The predicted octanol–water partition coefficient (Wildman–Crippen LogP) is 1.36. The van der Waals surface area contributed by atoms with E-state index in [0.29, 0.717) is 12.6 Å². The standard InChI is InChI=1S/C17H27N5O/c1-14-11-16(19-13-18-14)22-9-7-21(8-10-22)12-17(23)20-15-5-3-2-4-6-15/h11,13,15H,2-10,12H2,1H3,(H,20,23). The Kier molecular flexibility index (Phi) is 5.43. The van der Waals surface area contributed by atoms with Crippen LogP contribution in [0.15, 0.2) is 12.4 Å². The van der Waals surface area contributed by atoms with Gasteiger partial charge in [0.05, 0.1) is 6.54 Å². The van der Waals surface area contributed by atoms with Gasteiger partial charge in [-0.1, -0.05) is 19.3 Å². The summed E-state index contributed by atoms with van der Waals surface area (Å²) in [6.07, 6.45) is 7.73. The number of amides is 1. The van der Waals surface area contributed by atoms with Gasteiger partial charge in [0.25, 0.3) is 0 Å². The Hall–Kier alpha value is -1.69. The van der Waals surface area contributed by atoms with E-state index in [-0.39, 0.29) is 5.91 Å². The van der Waals surface area contributed by atoms with Crippen molar-refractivity contribution in [2.75, 3.05) is 37.6 Å². The first-order chi connectivity index (χ1) is 11.2. The lowest BCUT2D eigenvalue weighted by molar-refractivity contribution is -0.123. The number of aryl methyl sites for hydroxylation is 1. The lowest BCUT2D eigenvalue weighted by atomic mass is 9.95. The Morgan fingerprint density at radius 1 is 1.17 bits per heavy atom. The second-order valence-electron chi connectivity index (χ2n) is 6.68.